The van der Waals surface area contributed by atoms with Crippen LogP contribution in [0.4, 0.5) is 5.69 Å². The van der Waals surface area contributed by atoms with Crippen LogP contribution in [0.2, 0.25) is 0 Å². The molecule has 4 rings (SSSR count). The number of amides is 2. The first-order valence-corrected chi connectivity index (χ1v) is 10.6. The van der Waals surface area contributed by atoms with E-state index in [4.69, 9.17) is 0 Å². The predicted molar refractivity (Wildman–Crippen MR) is 117 cm³/mol. The molecular weight excluding hydrogens is 392 g/mol. The number of carbonyl (C=O) groups excluding carboxylic acids is 2. The number of benzene rings is 2. The van der Waals surface area contributed by atoms with Gasteiger partial charge in [-0.05, 0) is 49.2 Å². The number of aromatic nitrogens is 4. The fourth-order valence-electron chi connectivity index (χ4n) is 3.75. The number of hydrogen-bond donors (Lipinski definition) is 2. The Balaban J connectivity index is 1.44. The van der Waals surface area contributed by atoms with Gasteiger partial charge in [0.1, 0.15) is 6.54 Å². The van der Waals surface area contributed by atoms with Crippen molar-refractivity contribution in [3.8, 4) is 11.4 Å². The molecule has 0 bridgehead atoms. The van der Waals surface area contributed by atoms with Crippen LogP contribution >= 0.6 is 0 Å². The van der Waals surface area contributed by atoms with E-state index >= 15 is 0 Å². The van der Waals surface area contributed by atoms with Gasteiger partial charge in [0, 0.05) is 17.2 Å². The van der Waals surface area contributed by atoms with Gasteiger partial charge in [0.25, 0.3) is 5.91 Å². The lowest BCUT2D eigenvalue weighted by Gasteiger charge is -2.22. The van der Waals surface area contributed by atoms with Crippen LogP contribution < -0.4 is 10.6 Å². The second kappa shape index (κ2) is 9.51. The third-order valence-corrected chi connectivity index (χ3v) is 5.44. The first kappa shape index (κ1) is 20.7. The molecule has 31 heavy (non-hydrogen) atoms. The maximum absolute atomic E-state index is 12.6. The lowest BCUT2D eigenvalue weighted by molar-refractivity contribution is -0.123. The summed E-state index contributed by atoms with van der Waals surface area (Å²) in [5.41, 5.74) is 2.88. The summed E-state index contributed by atoms with van der Waals surface area (Å²) in [7, 11) is 0. The highest BCUT2D eigenvalue weighted by molar-refractivity contribution is 6.06. The Hall–Kier alpha value is -3.55. The van der Waals surface area contributed by atoms with Crippen LogP contribution in [0, 0.1) is 6.92 Å². The average molecular weight is 419 g/mol. The van der Waals surface area contributed by atoms with Gasteiger partial charge in [-0.2, -0.15) is 4.80 Å². The Morgan fingerprint density at radius 3 is 2.55 bits per heavy atom. The first-order valence-electron chi connectivity index (χ1n) is 10.6. The predicted octanol–water partition coefficient (Wildman–Crippen LogP) is 3.35. The standard InChI is InChI=1S/C23H26N6O2/c1-16-11-13-17(14-12-16)23(31)25-20-10-6-5-9-19(20)22-26-28-29(27-22)15-21(30)24-18-7-3-2-4-8-18/h5-6,9-14,18H,2-4,7-8,15H2,1H3,(H,24,30)(H,25,31). The van der Waals surface area contributed by atoms with Gasteiger partial charge in [-0.25, -0.2) is 0 Å². The maximum atomic E-state index is 12.6. The van der Waals surface area contributed by atoms with Crippen molar-refractivity contribution in [2.45, 2.75) is 51.6 Å². The van der Waals surface area contributed by atoms with Gasteiger partial charge in [-0.3, -0.25) is 9.59 Å². The summed E-state index contributed by atoms with van der Waals surface area (Å²) in [6.07, 6.45) is 5.59. The zero-order valence-electron chi connectivity index (χ0n) is 17.5. The van der Waals surface area contributed by atoms with Crippen LogP contribution in [0.25, 0.3) is 11.4 Å². The lowest BCUT2D eigenvalue weighted by Crippen LogP contribution is -2.38. The molecule has 1 aliphatic rings. The number of rotatable bonds is 6. The van der Waals surface area contributed by atoms with Crippen molar-refractivity contribution in [3.63, 3.8) is 0 Å². The molecule has 1 fully saturated rings. The van der Waals surface area contributed by atoms with E-state index in [1.54, 1.807) is 18.2 Å². The quantitative estimate of drug-likeness (QED) is 0.639. The number of carbonyl (C=O) groups is 2. The molecule has 2 amide bonds. The van der Waals surface area contributed by atoms with E-state index in [-0.39, 0.29) is 24.4 Å². The summed E-state index contributed by atoms with van der Waals surface area (Å²) in [5, 5.41) is 18.4. The largest absolute Gasteiger partial charge is 0.352 e. The SMILES string of the molecule is Cc1ccc(C(=O)Nc2ccccc2-c2nnn(CC(=O)NC3CCCCC3)n2)cc1. The number of anilines is 1. The summed E-state index contributed by atoms with van der Waals surface area (Å²) in [4.78, 5) is 26.2. The van der Waals surface area contributed by atoms with Crippen LogP contribution in [-0.2, 0) is 11.3 Å². The van der Waals surface area contributed by atoms with Crippen molar-refractivity contribution in [1.29, 1.82) is 0 Å². The molecule has 2 aromatic carbocycles. The minimum atomic E-state index is -0.216. The molecule has 2 N–H and O–H groups in total. The summed E-state index contributed by atoms with van der Waals surface area (Å²) < 4.78 is 0. The number of tetrazole rings is 1. The normalized spacial score (nSPS) is 14.2. The van der Waals surface area contributed by atoms with Gasteiger partial charge in [0.15, 0.2) is 0 Å². The van der Waals surface area contributed by atoms with E-state index in [0.29, 0.717) is 22.6 Å². The third-order valence-electron chi connectivity index (χ3n) is 5.44. The smallest absolute Gasteiger partial charge is 0.255 e. The Morgan fingerprint density at radius 2 is 1.77 bits per heavy atom. The molecule has 160 valence electrons. The van der Waals surface area contributed by atoms with Crippen LogP contribution in [-0.4, -0.2) is 38.1 Å². The number of hydrogen-bond acceptors (Lipinski definition) is 5. The van der Waals surface area contributed by atoms with Crippen molar-refractivity contribution < 1.29 is 9.59 Å². The lowest BCUT2D eigenvalue weighted by atomic mass is 9.95. The highest BCUT2D eigenvalue weighted by atomic mass is 16.2. The maximum Gasteiger partial charge on any atom is 0.255 e. The molecular formula is C23H26N6O2. The molecule has 3 aromatic rings. The number of nitrogens with zero attached hydrogens (tertiary/aromatic N) is 4. The molecule has 0 aliphatic heterocycles. The van der Waals surface area contributed by atoms with E-state index in [1.807, 2.05) is 37.3 Å². The number of aryl methyl sites for hydroxylation is 1. The average Bonchev–Trinajstić information content (AvgIpc) is 3.23. The molecule has 0 radical (unpaired) electrons. The second-order valence-corrected chi connectivity index (χ2v) is 7.91. The van der Waals surface area contributed by atoms with Gasteiger partial charge in [-0.15, -0.1) is 10.2 Å². The van der Waals surface area contributed by atoms with Crippen molar-refractivity contribution >= 4 is 17.5 Å². The van der Waals surface area contributed by atoms with Crippen LogP contribution in [0.1, 0.15) is 48.0 Å². The Bertz CT molecular complexity index is 1050. The van der Waals surface area contributed by atoms with Gasteiger partial charge in [-0.1, -0.05) is 49.1 Å². The number of nitrogens with one attached hydrogen (secondary N) is 2. The van der Waals surface area contributed by atoms with Crippen molar-refractivity contribution in [1.82, 2.24) is 25.5 Å². The summed E-state index contributed by atoms with van der Waals surface area (Å²) in [6.45, 7) is 1.99. The van der Waals surface area contributed by atoms with Gasteiger partial charge in [0.05, 0.1) is 5.69 Å². The van der Waals surface area contributed by atoms with E-state index in [1.165, 1.54) is 11.2 Å². The van der Waals surface area contributed by atoms with E-state index in [9.17, 15) is 9.59 Å². The molecule has 1 saturated carbocycles. The first-order chi connectivity index (χ1) is 15.1. The Labute approximate surface area is 181 Å². The van der Waals surface area contributed by atoms with E-state index in [0.717, 1.165) is 31.2 Å². The minimum Gasteiger partial charge on any atom is -0.352 e. The molecule has 1 aromatic heterocycles. The van der Waals surface area contributed by atoms with Gasteiger partial charge >= 0.3 is 0 Å². The van der Waals surface area contributed by atoms with Gasteiger partial charge < -0.3 is 10.6 Å². The molecule has 0 spiro atoms. The Morgan fingerprint density at radius 1 is 1.03 bits per heavy atom. The van der Waals surface area contributed by atoms with Gasteiger partial charge in [0.2, 0.25) is 11.7 Å². The molecule has 0 atom stereocenters. The topological polar surface area (TPSA) is 102 Å². The molecule has 1 aliphatic carbocycles. The zero-order chi connectivity index (χ0) is 21.6. The fraction of sp³-hybridized carbons (Fsp3) is 0.348. The fourth-order valence-corrected chi connectivity index (χ4v) is 3.75. The molecule has 0 unspecified atom stereocenters. The van der Waals surface area contributed by atoms with Crippen molar-refractivity contribution in [2.24, 2.45) is 0 Å². The minimum absolute atomic E-state index is 0.0153. The highest BCUT2D eigenvalue weighted by Crippen LogP contribution is 2.25. The Kier molecular flexibility index (Phi) is 6.35. The van der Waals surface area contributed by atoms with E-state index < -0.39 is 0 Å². The monoisotopic (exact) mass is 418 g/mol. The number of para-hydroxylation sites is 1. The molecule has 8 nitrogen and oxygen atoms in total. The highest BCUT2D eigenvalue weighted by Gasteiger charge is 2.18. The summed E-state index contributed by atoms with van der Waals surface area (Å²) >= 11 is 0. The zero-order valence-corrected chi connectivity index (χ0v) is 17.5. The molecule has 0 saturated heterocycles. The van der Waals surface area contributed by atoms with Crippen LogP contribution in [0.15, 0.2) is 48.5 Å². The van der Waals surface area contributed by atoms with Crippen molar-refractivity contribution in [3.05, 3.63) is 59.7 Å². The summed E-state index contributed by atoms with van der Waals surface area (Å²) in [5.74, 6) is 0.0220. The second-order valence-electron chi connectivity index (χ2n) is 7.91. The molecule has 1 heterocycles. The van der Waals surface area contributed by atoms with Crippen LogP contribution in [0.3, 0.4) is 0 Å². The summed E-state index contributed by atoms with van der Waals surface area (Å²) in [6, 6.07) is 14.9. The third kappa shape index (κ3) is 5.33. The van der Waals surface area contributed by atoms with Crippen molar-refractivity contribution in [2.75, 3.05) is 5.32 Å². The van der Waals surface area contributed by atoms with Crippen LogP contribution in [0.5, 0.6) is 0 Å². The molecule has 8 heteroatoms. The van der Waals surface area contributed by atoms with E-state index in [2.05, 4.69) is 26.0 Å².